The maximum Gasteiger partial charge on any atom is 0.410 e. The van der Waals surface area contributed by atoms with Gasteiger partial charge in [0, 0.05) is 12.1 Å². The van der Waals surface area contributed by atoms with Gasteiger partial charge in [0.2, 0.25) is 0 Å². The highest BCUT2D eigenvalue weighted by atomic mass is 28.4. The van der Waals surface area contributed by atoms with Crippen molar-refractivity contribution in [3.05, 3.63) is 47.5 Å². The second-order valence-corrected chi connectivity index (χ2v) is 17.9. The average Bonchev–Trinajstić information content (AvgIpc) is 3.42. The lowest BCUT2D eigenvalue weighted by molar-refractivity contribution is -0.0942. The highest BCUT2D eigenvalue weighted by Crippen LogP contribution is 2.41. The van der Waals surface area contributed by atoms with Crippen LogP contribution in [0.15, 0.2) is 42.0 Å². The first kappa shape index (κ1) is 29.2. The normalized spacial score (nSPS) is 28.8. The Labute approximate surface area is 228 Å². The molecule has 3 aliphatic rings. The van der Waals surface area contributed by atoms with Gasteiger partial charge in [-0.2, -0.15) is 0 Å². The molecule has 6 atom stereocenters. The van der Waals surface area contributed by atoms with Gasteiger partial charge in [0.25, 0.3) is 0 Å². The van der Waals surface area contributed by atoms with E-state index >= 15 is 0 Å². The second kappa shape index (κ2) is 11.0. The molecular formula is C29H45NO7Si. The highest BCUT2D eigenvalue weighted by Gasteiger charge is 2.50. The zero-order chi connectivity index (χ0) is 27.9. The fourth-order valence-electron chi connectivity index (χ4n) is 4.86. The summed E-state index contributed by atoms with van der Waals surface area (Å²) in [6.07, 6.45) is -0.508. The van der Waals surface area contributed by atoms with Gasteiger partial charge in [0.15, 0.2) is 14.6 Å². The van der Waals surface area contributed by atoms with Gasteiger partial charge < -0.3 is 28.5 Å². The number of ether oxygens (including phenoxy) is 4. The molecule has 2 bridgehead atoms. The molecule has 8 nitrogen and oxygen atoms in total. The van der Waals surface area contributed by atoms with Crippen LogP contribution in [0.25, 0.3) is 0 Å². The van der Waals surface area contributed by atoms with Crippen molar-refractivity contribution in [1.29, 1.82) is 0 Å². The quantitative estimate of drug-likeness (QED) is 0.379. The van der Waals surface area contributed by atoms with Gasteiger partial charge in [-0.3, -0.25) is 4.90 Å². The van der Waals surface area contributed by atoms with Crippen molar-refractivity contribution in [3.8, 4) is 0 Å². The standard InChI is InChI=1S/C29H45NO7Si/c1-28(2,3)36-27(32)30-16-20(37-38(7,8)29(4,5)6)14-22(30)25(31)21-15-23(24-18-34-26(21)35-24)33-17-19-12-10-9-11-13-19/h9-13,15,20,22-26,31H,14,16-18H2,1-8H3/t20-,22+,23+,24-,25-,26-/m1/s1. The highest BCUT2D eigenvalue weighted by molar-refractivity contribution is 6.74. The molecular weight excluding hydrogens is 502 g/mol. The number of fused-ring (bicyclic) bond motifs is 2. The van der Waals surface area contributed by atoms with E-state index in [4.69, 9.17) is 23.4 Å². The minimum atomic E-state index is -2.10. The molecule has 1 amide bonds. The molecule has 0 saturated carbocycles. The average molecular weight is 548 g/mol. The number of benzene rings is 1. The number of aliphatic hydroxyl groups excluding tert-OH is 1. The SMILES string of the molecule is CC(C)(C)OC(=O)N1C[C@H](O[Si](C)(C)C(C)(C)C)C[C@H]1[C@H](O)C1=C[C@H](OCc2ccccc2)[C@H]2CO[C@@H]1O2. The van der Waals surface area contributed by atoms with Crippen LogP contribution in [0.3, 0.4) is 0 Å². The second-order valence-electron chi connectivity index (χ2n) is 13.1. The number of nitrogens with zero attached hydrogens (tertiary/aromatic N) is 1. The van der Waals surface area contributed by atoms with E-state index in [0.717, 1.165) is 5.56 Å². The number of amides is 1. The molecule has 1 aromatic rings. The van der Waals surface area contributed by atoms with Crippen LogP contribution >= 0.6 is 0 Å². The zero-order valence-electron chi connectivity index (χ0n) is 24.1. The third-order valence-electron chi connectivity index (χ3n) is 7.90. The molecule has 9 heteroatoms. The van der Waals surface area contributed by atoms with E-state index in [-0.39, 0.29) is 23.4 Å². The summed E-state index contributed by atoms with van der Waals surface area (Å²) in [5.41, 5.74) is 0.987. The van der Waals surface area contributed by atoms with Gasteiger partial charge in [0.05, 0.1) is 25.4 Å². The molecule has 2 fully saturated rings. The third kappa shape index (κ3) is 6.69. The van der Waals surface area contributed by atoms with Gasteiger partial charge in [-0.25, -0.2) is 4.79 Å². The van der Waals surface area contributed by atoms with Gasteiger partial charge in [-0.1, -0.05) is 51.1 Å². The summed E-state index contributed by atoms with van der Waals surface area (Å²) in [4.78, 5) is 14.9. The maximum atomic E-state index is 13.3. The van der Waals surface area contributed by atoms with Crippen LogP contribution < -0.4 is 0 Å². The summed E-state index contributed by atoms with van der Waals surface area (Å²) in [5, 5.41) is 11.7. The first-order chi connectivity index (χ1) is 17.6. The van der Waals surface area contributed by atoms with E-state index in [9.17, 15) is 9.90 Å². The van der Waals surface area contributed by atoms with Crippen molar-refractivity contribution >= 4 is 14.4 Å². The summed E-state index contributed by atoms with van der Waals surface area (Å²) in [5.74, 6) is 0. The van der Waals surface area contributed by atoms with Gasteiger partial charge >= 0.3 is 6.09 Å². The molecule has 0 aromatic heterocycles. The van der Waals surface area contributed by atoms with Crippen molar-refractivity contribution < 1.29 is 33.3 Å². The Kier molecular flexibility index (Phi) is 8.48. The van der Waals surface area contributed by atoms with Crippen LogP contribution in [0, 0.1) is 0 Å². The van der Waals surface area contributed by atoms with Crippen molar-refractivity contribution in [2.45, 2.75) is 115 Å². The topological polar surface area (TPSA) is 86.7 Å². The molecule has 0 aliphatic carbocycles. The Balaban J connectivity index is 1.55. The minimum Gasteiger partial charge on any atom is -0.444 e. The van der Waals surface area contributed by atoms with Crippen LogP contribution in [0.1, 0.15) is 53.5 Å². The van der Waals surface area contributed by atoms with E-state index in [0.29, 0.717) is 31.8 Å². The molecule has 0 unspecified atom stereocenters. The number of carbonyl (C=O) groups is 1. The molecule has 3 heterocycles. The predicted octanol–water partition coefficient (Wildman–Crippen LogP) is 5.01. The molecule has 38 heavy (non-hydrogen) atoms. The summed E-state index contributed by atoms with van der Waals surface area (Å²) in [6.45, 7) is 17.7. The number of rotatable bonds is 7. The maximum absolute atomic E-state index is 13.3. The molecule has 0 spiro atoms. The number of likely N-dealkylation sites (tertiary alicyclic amines) is 1. The van der Waals surface area contributed by atoms with E-state index < -0.39 is 38.4 Å². The Morgan fingerprint density at radius 1 is 1.16 bits per heavy atom. The third-order valence-corrected chi connectivity index (χ3v) is 12.4. The predicted molar refractivity (Wildman–Crippen MR) is 147 cm³/mol. The van der Waals surface area contributed by atoms with Crippen LogP contribution in [-0.4, -0.2) is 79.9 Å². The fourth-order valence-corrected chi connectivity index (χ4v) is 6.22. The van der Waals surface area contributed by atoms with Crippen LogP contribution in [0.4, 0.5) is 4.79 Å². The number of carbonyl (C=O) groups excluding carboxylic acids is 1. The number of aliphatic hydroxyl groups is 1. The van der Waals surface area contributed by atoms with Crippen molar-refractivity contribution in [3.63, 3.8) is 0 Å². The summed E-state index contributed by atoms with van der Waals surface area (Å²) < 4.78 is 30.6. The zero-order valence-corrected chi connectivity index (χ0v) is 25.1. The summed E-state index contributed by atoms with van der Waals surface area (Å²) in [7, 11) is -2.10. The molecule has 4 rings (SSSR count). The number of hydrogen-bond acceptors (Lipinski definition) is 7. The molecule has 212 valence electrons. The Morgan fingerprint density at radius 2 is 1.84 bits per heavy atom. The van der Waals surface area contributed by atoms with Crippen LogP contribution in [-0.2, 0) is 30.0 Å². The lowest BCUT2D eigenvalue weighted by atomic mass is 9.96. The molecule has 3 aliphatic heterocycles. The van der Waals surface area contributed by atoms with E-state index in [1.807, 2.05) is 57.2 Å². The summed E-state index contributed by atoms with van der Waals surface area (Å²) in [6, 6.07) is 9.41. The van der Waals surface area contributed by atoms with Crippen molar-refractivity contribution in [2.24, 2.45) is 0 Å². The lowest BCUT2D eigenvalue weighted by Crippen LogP contribution is -2.48. The fraction of sp³-hybridized carbons (Fsp3) is 0.690. The largest absolute Gasteiger partial charge is 0.444 e. The molecule has 2 saturated heterocycles. The van der Waals surface area contributed by atoms with Gasteiger partial charge in [0.1, 0.15) is 23.9 Å². The summed E-state index contributed by atoms with van der Waals surface area (Å²) >= 11 is 0. The monoisotopic (exact) mass is 547 g/mol. The number of hydrogen-bond donors (Lipinski definition) is 1. The van der Waals surface area contributed by atoms with Gasteiger partial charge in [-0.05, 0) is 57.0 Å². The van der Waals surface area contributed by atoms with E-state index in [1.54, 1.807) is 4.90 Å². The first-order valence-corrected chi connectivity index (χ1v) is 16.6. The minimum absolute atomic E-state index is 0.0240. The van der Waals surface area contributed by atoms with Crippen molar-refractivity contribution in [1.82, 2.24) is 4.90 Å². The van der Waals surface area contributed by atoms with Crippen LogP contribution in [0.5, 0.6) is 0 Å². The smallest absolute Gasteiger partial charge is 0.410 e. The lowest BCUT2D eigenvalue weighted by Gasteiger charge is -2.38. The first-order valence-electron chi connectivity index (χ1n) is 13.6. The molecule has 0 radical (unpaired) electrons. The van der Waals surface area contributed by atoms with Gasteiger partial charge in [-0.15, -0.1) is 0 Å². The molecule has 1 N–H and O–H groups in total. The van der Waals surface area contributed by atoms with E-state index in [1.165, 1.54) is 0 Å². The van der Waals surface area contributed by atoms with E-state index in [2.05, 4.69) is 33.9 Å². The Hall–Kier alpha value is -1.75. The van der Waals surface area contributed by atoms with Crippen LogP contribution in [0.2, 0.25) is 18.1 Å². The Morgan fingerprint density at radius 3 is 2.47 bits per heavy atom. The van der Waals surface area contributed by atoms with Crippen molar-refractivity contribution in [2.75, 3.05) is 13.2 Å². The Bertz CT molecular complexity index is 1000. The molecule has 1 aromatic carbocycles.